The number of halogens is 1. The normalized spacial score (nSPS) is 10.7. The van der Waals surface area contributed by atoms with Crippen molar-refractivity contribution >= 4 is 28.7 Å². The van der Waals surface area contributed by atoms with E-state index in [0.717, 1.165) is 0 Å². The summed E-state index contributed by atoms with van der Waals surface area (Å²) in [4.78, 5) is 22.1. The highest BCUT2D eigenvalue weighted by molar-refractivity contribution is 6.30. The van der Waals surface area contributed by atoms with E-state index < -0.39 is 5.97 Å². The molecule has 7 heteroatoms. The number of nitrogens with one attached hydrogen (secondary N) is 1. The van der Waals surface area contributed by atoms with Crippen LogP contribution in [0.25, 0.3) is 11.2 Å². The monoisotopic (exact) mass is 303 g/mol. The number of pyridine rings is 1. The first-order valence-corrected chi connectivity index (χ1v) is 6.46. The lowest BCUT2D eigenvalue weighted by atomic mass is 10.3. The SMILES string of the molecule is O=C(O)c1cnc2nc(COc3ccc(Cl)cc3)[nH]c2c1. The first-order valence-electron chi connectivity index (χ1n) is 6.08. The summed E-state index contributed by atoms with van der Waals surface area (Å²) in [5.74, 6) is 0.201. The molecule has 0 radical (unpaired) electrons. The number of carboxylic acids is 1. The van der Waals surface area contributed by atoms with E-state index in [9.17, 15) is 4.79 Å². The average Bonchev–Trinajstić information content (AvgIpc) is 2.88. The molecule has 21 heavy (non-hydrogen) atoms. The Kier molecular flexibility index (Phi) is 3.45. The number of fused-ring (bicyclic) bond motifs is 1. The summed E-state index contributed by atoms with van der Waals surface area (Å²) in [5.41, 5.74) is 1.12. The molecule has 0 bridgehead atoms. The Labute approximate surface area is 124 Å². The van der Waals surface area contributed by atoms with Gasteiger partial charge in [-0.15, -0.1) is 0 Å². The highest BCUT2D eigenvalue weighted by atomic mass is 35.5. The van der Waals surface area contributed by atoms with E-state index >= 15 is 0 Å². The summed E-state index contributed by atoms with van der Waals surface area (Å²) in [6.45, 7) is 0.223. The van der Waals surface area contributed by atoms with Crippen molar-refractivity contribution in [3.05, 3.63) is 52.9 Å². The highest BCUT2D eigenvalue weighted by Crippen LogP contribution is 2.17. The molecular weight excluding hydrogens is 294 g/mol. The summed E-state index contributed by atoms with van der Waals surface area (Å²) in [7, 11) is 0. The molecule has 0 aliphatic carbocycles. The van der Waals surface area contributed by atoms with Crippen molar-refractivity contribution < 1.29 is 14.6 Å². The number of hydrogen-bond acceptors (Lipinski definition) is 4. The van der Waals surface area contributed by atoms with E-state index in [2.05, 4.69) is 15.0 Å². The van der Waals surface area contributed by atoms with Gasteiger partial charge in [0.2, 0.25) is 0 Å². The van der Waals surface area contributed by atoms with Gasteiger partial charge in [-0.2, -0.15) is 0 Å². The number of carboxylic acid groups (broad SMARTS) is 1. The number of nitrogens with zero attached hydrogens (tertiary/aromatic N) is 2. The van der Waals surface area contributed by atoms with Gasteiger partial charge in [-0.05, 0) is 30.3 Å². The van der Waals surface area contributed by atoms with Gasteiger partial charge in [0, 0.05) is 11.2 Å². The van der Waals surface area contributed by atoms with E-state index in [1.165, 1.54) is 12.3 Å². The summed E-state index contributed by atoms with van der Waals surface area (Å²) >= 11 is 5.79. The van der Waals surface area contributed by atoms with Gasteiger partial charge >= 0.3 is 5.97 Å². The Morgan fingerprint density at radius 3 is 2.81 bits per heavy atom. The predicted molar refractivity (Wildman–Crippen MR) is 76.6 cm³/mol. The maximum Gasteiger partial charge on any atom is 0.337 e. The molecule has 0 fully saturated rings. The lowest BCUT2D eigenvalue weighted by molar-refractivity contribution is 0.0696. The molecule has 6 nitrogen and oxygen atoms in total. The fraction of sp³-hybridized carbons (Fsp3) is 0.0714. The molecule has 0 amide bonds. The quantitative estimate of drug-likeness (QED) is 0.773. The smallest absolute Gasteiger partial charge is 0.337 e. The zero-order chi connectivity index (χ0) is 14.8. The van der Waals surface area contributed by atoms with Gasteiger partial charge in [0.15, 0.2) is 5.65 Å². The van der Waals surface area contributed by atoms with Crippen LogP contribution < -0.4 is 4.74 Å². The number of aromatic nitrogens is 3. The second kappa shape index (κ2) is 5.41. The minimum atomic E-state index is -1.03. The zero-order valence-electron chi connectivity index (χ0n) is 10.7. The molecule has 3 aromatic rings. The first-order chi connectivity index (χ1) is 10.1. The van der Waals surface area contributed by atoms with E-state index in [1.807, 2.05) is 0 Å². The van der Waals surface area contributed by atoms with Crippen LogP contribution >= 0.6 is 11.6 Å². The van der Waals surface area contributed by atoms with Crippen molar-refractivity contribution in [3.63, 3.8) is 0 Å². The number of benzene rings is 1. The number of aromatic amines is 1. The van der Waals surface area contributed by atoms with E-state index in [0.29, 0.717) is 27.8 Å². The molecule has 0 unspecified atom stereocenters. The molecule has 0 saturated carbocycles. The molecule has 0 saturated heterocycles. The average molecular weight is 304 g/mol. The Balaban J connectivity index is 1.78. The van der Waals surface area contributed by atoms with Crippen LogP contribution in [0.15, 0.2) is 36.5 Å². The standard InChI is InChI=1S/C14H10ClN3O3/c15-9-1-3-10(4-2-9)21-7-12-17-11-5-8(14(19)20)6-16-13(11)18-12/h1-6H,7H2,(H,19,20)(H,16,17,18). The second-order valence-corrected chi connectivity index (χ2v) is 4.76. The molecule has 0 aliphatic heterocycles. The molecule has 2 heterocycles. The van der Waals surface area contributed by atoms with Gasteiger partial charge in [0.05, 0.1) is 11.1 Å². The number of rotatable bonds is 4. The number of hydrogen-bond donors (Lipinski definition) is 2. The molecule has 0 atom stereocenters. The molecular formula is C14H10ClN3O3. The summed E-state index contributed by atoms with van der Waals surface area (Å²) in [6, 6.07) is 8.47. The fourth-order valence-electron chi connectivity index (χ4n) is 1.82. The van der Waals surface area contributed by atoms with Crippen LogP contribution in [0.2, 0.25) is 5.02 Å². The van der Waals surface area contributed by atoms with Crippen molar-refractivity contribution in [2.24, 2.45) is 0 Å². The van der Waals surface area contributed by atoms with Gasteiger partial charge in [0.1, 0.15) is 18.2 Å². The van der Waals surface area contributed by atoms with Crippen molar-refractivity contribution in [2.45, 2.75) is 6.61 Å². The summed E-state index contributed by atoms with van der Waals surface area (Å²) in [6.07, 6.45) is 1.27. The lowest BCUT2D eigenvalue weighted by Gasteiger charge is -2.03. The predicted octanol–water partition coefficient (Wildman–Crippen LogP) is 2.89. The number of aromatic carboxylic acids is 1. The number of ether oxygens (including phenoxy) is 1. The zero-order valence-corrected chi connectivity index (χ0v) is 11.5. The Morgan fingerprint density at radius 2 is 2.10 bits per heavy atom. The maximum atomic E-state index is 10.9. The Morgan fingerprint density at radius 1 is 1.33 bits per heavy atom. The largest absolute Gasteiger partial charge is 0.486 e. The first kappa shape index (κ1) is 13.4. The van der Waals surface area contributed by atoms with Crippen LogP contribution in [0.1, 0.15) is 16.2 Å². The third kappa shape index (κ3) is 2.95. The van der Waals surface area contributed by atoms with Gasteiger partial charge in [0.25, 0.3) is 0 Å². The van der Waals surface area contributed by atoms with Crippen molar-refractivity contribution in [2.75, 3.05) is 0 Å². The number of carbonyl (C=O) groups is 1. The van der Waals surface area contributed by atoms with Crippen LogP contribution in [0, 0.1) is 0 Å². The summed E-state index contributed by atoms with van der Waals surface area (Å²) < 4.78 is 5.56. The lowest BCUT2D eigenvalue weighted by Crippen LogP contribution is -1.97. The molecule has 0 spiro atoms. The van der Waals surface area contributed by atoms with E-state index in [4.69, 9.17) is 21.4 Å². The molecule has 106 valence electrons. The van der Waals surface area contributed by atoms with Gasteiger partial charge in [-0.1, -0.05) is 11.6 Å². The Hall–Kier alpha value is -2.60. The minimum Gasteiger partial charge on any atom is -0.486 e. The fourth-order valence-corrected chi connectivity index (χ4v) is 1.94. The second-order valence-electron chi connectivity index (χ2n) is 4.33. The number of imidazole rings is 1. The van der Waals surface area contributed by atoms with Crippen molar-refractivity contribution in [3.8, 4) is 5.75 Å². The van der Waals surface area contributed by atoms with Crippen LogP contribution in [0.3, 0.4) is 0 Å². The minimum absolute atomic E-state index is 0.108. The van der Waals surface area contributed by atoms with Crippen LogP contribution in [0.5, 0.6) is 5.75 Å². The van der Waals surface area contributed by atoms with Crippen LogP contribution in [0.4, 0.5) is 0 Å². The van der Waals surface area contributed by atoms with Gasteiger partial charge in [-0.25, -0.2) is 14.8 Å². The van der Waals surface area contributed by atoms with Crippen LogP contribution in [-0.4, -0.2) is 26.0 Å². The van der Waals surface area contributed by atoms with Gasteiger partial charge < -0.3 is 14.8 Å². The molecule has 0 aliphatic rings. The number of H-pyrrole nitrogens is 1. The van der Waals surface area contributed by atoms with E-state index in [-0.39, 0.29) is 12.2 Å². The van der Waals surface area contributed by atoms with E-state index in [1.54, 1.807) is 24.3 Å². The third-order valence-corrected chi connectivity index (χ3v) is 3.07. The van der Waals surface area contributed by atoms with Crippen molar-refractivity contribution in [1.29, 1.82) is 0 Å². The molecule has 1 aromatic carbocycles. The molecule has 3 rings (SSSR count). The third-order valence-electron chi connectivity index (χ3n) is 2.82. The van der Waals surface area contributed by atoms with Crippen molar-refractivity contribution in [1.82, 2.24) is 15.0 Å². The van der Waals surface area contributed by atoms with Gasteiger partial charge in [-0.3, -0.25) is 0 Å². The maximum absolute atomic E-state index is 10.9. The summed E-state index contributed by atoms with van der Waals surface area (Å²) in [5, 5.41) is 9.55. The molecule has 2 N–H and O–H groups in total. The Bertz CT molecular complexity index is 799. The topological polar surface area (TPSA) is 88.1 Å². The molecule has 2 aromatic heterocycles. The van der Waals surface area contributed by atoms with Crippen LogP contribution in [-0.2, 0) is 6.61 Å². The highest BCUT2D eigenvalue weighted by Gasteiger charge is 2.09.